The van der Waals surface area contributed by atoms with E-state index in [1.807, 2.05) is 0 Å². The number of amides is 1. The van der Waals surface area contributed by atoms with Crippen LogP contribution in [-0.4, -0.2) is 62.5 Å². The third-order valence-electron chi connectivity index (χ3n) is 3.01. The van der Waals surface area contributed by atoms with Gasteiger partial charge in [-0.25, -0.2) is 4.79 Å². The Labute approximate surface area is 112 Å². The minimum absolute atomic E-state index is 0.0297. The zero-order valence-corrected chi connectivity index (χ0v) is 11.2. The average Bonchev–Trinajstić information content (AvgIpc) is 2.40. The Morgan fingerprint density at radius 3 is 2.68 bits per heavy atom. The van der Waals surface area contributed by atoms with E-state index in [-0.39, 0.29) is 25.0 Å². The minimum atomic E-state index is -1.09. The molecule has 0 aromatic heterocycles. The smallest absolute Gasteiger partial charge is 0.334 e. The molecule has 0 bridgehead atoms. The van der Waals surface area contributed by atoms with Crippen molar-refractivity contribution in [2.24, 2.45) is 0 Å². The number of hydrogen-bond donors (Lipinski definition) is 3. The van der Waals surface area contributed by atoms with Crippen LogP contribution in [0.2, 0.25) is 0 Å². The highest BCUT2D eigenvalue weighted by atomic mass is 16.5. The van der Waals surface area contributed by atoms with Gasteiger partial charge in [0.2, 0.25) is 5.91 Å². The summed E-state index contributed by atoms with van der Waals surface area (Å²) in [5.74, 6) is -1.31. The van der Waals surface area contributed by atoms with E-state index in [1.54, 1.807) is 0 Å². The van der Waals surface area contributed by atoms with Gasteiger partial charge in [0, 0.05) is 13.5 Å². The Kier molecular flexibility index (Phi) is 7.39. The van der Waals surface area contributed by atoms with Gasteiger partial charge >= 0.3 is 5.97 Å². The van der Waals surface area contributed by atoms with E-state index in [2.05, 4.69) is 10.6 Å². The molecule has 1 heterocycles. The van der Waals surface area contributed by atoms with Crippen LogP contribution in [-0.2, 0) is 19.1 Å². The van der Waals surface area contributed by atoms with Gasteiger partial charge in [-0.1, -0.05) is 0 Å². The van der Waals surface area contributed by atoms with E-state index < -0.39 is 12.1 Å². The maximum Gasteiger partial charge on any atom is 0.334 e. The van der Waals surface area contributed by atoms with Crippen LogP contribution in [0.5, 0.6) is 0 Å². The molecule has 0 aromatic rings. The van der Waals surface area contributed by atoms with Crippen LogP contribution in [0.25, 0.3) is 0 Å². The summed E-state index contributed by atoms with van der Waals surface area (Å²) in [5, 5.41) is 14.5. The lowest BCUT2D eigenvalue weighted by Crippen LogP contribution is -2.38. The Bertz CT molecular complexity index is 292. The summed E-state index contributed by atoms with van der Waals surface area (Å²) >= 11 is 0. The summed E-state index contributed by atoms with van der Waals surface area (Å²) in [6.07, 6.45) is 1.38. The van der Waals surface area contributed by atoms with Crippen LogP contribution < -0.4 is 10.6 Å². The normalized spacial score (nSPS) is 17.9. The SMILES string of the molecule is COC(CNC(=O)CCOC1CCNCC1)C(=O)O. The van der Waals surface area contributed by atoms with Gasteiger partial charge in [0.25, 0.3) is 0 Å². The molecule has 3 N–H and O–H groups in total. The van der Waals surface area contributed by atoms with Gasteiger partial charge in [0.05, 0.1) is 19.3 Å². The third-order valence-corrected chi connectivity index (χ3v) is 3.01. The number of piperidine rings is 1. The number of ether oxygens (including phenoxy) is 2. The summed E-state index contributed by atoms with van der Waals surface area (Å²) in [7, 11) is 1.30. The molecule has 1 amide bonds. The molecule has 0 saturated carbocycles. The van der Waals surface area contributed by atoms with Crippen molar-refractivity contribution in [1.29, 1.82) is 0 Å². The van der Waals surface area contributed by atoms with Gasteiger partial charge in [-0.2, -0.15) is 0 Å². The fourth-order valence-corrected chi connectivity index (χ4v) is 1.85. The molecule has 1 unspecified atom stereocenters. The zero-order chi connectivity index (χ0) is 14.1. The lowest BCUT2D eigenvalue weighted by Gasteiger charge is -2.22. The second kappa shape index (κ2) is 8.84. The van der Waals surface area contributed by atoms with Crippen molar-refractivity contribution in [1.82, 2.24) is 10.6 Å². The van der Waals surface area contributed by atoms with Crippen molar-refractivity contribution in [3.63, 3.8) is 0 Å². The highest BCUT2D eigenvalue weighted by Crippen LogP contribution is 2.07. The first-order valence-corrected chi connectivity index (χ1v) is 6.48. The van der Waals surface area contributed by atoms with E-state index in [4.69, 9.17) is 14.6 Å². The number of carboxylic acid groups (broad SMARTS) is 1. The van der Waals surface area contributed by atoms with E-state index in [1.165, 1.54) is 7.11 Å². The van der Waals surface area contributed by atoms with Crippen molar-refractivity contribution in [2.75, 3.05) is 33.4 Å². The fourth-order valence-electron chi connectivity index (χ4n) is 1.85. The third kappa shape index (κ3) is 6.51. The molecule has 1 aliphatic rings. The van der Waals surface area contributed by atoms with Gasteiger partial charge in [-0.15, -0.1) is 0 Å². The number of methoxy groups -OCH3 is 1. The molecule has 1 rings (SSSR count). The maximum absolute atomic E-state index is 11.5. The lowest BCUT2D eigenvalue weighted by atomic mass is 10.1. The largest absolute Gasteiger partial charge is 0.479 e. The highest BCUT2D eigenvalue weighted by molar-refractivity contribution is 5.78. The van der Waals surface area contributed by atoms with Crippen LogP contribution >= 0.6 is 0 Å². The lowest BCUT2D eigenvalue weighted by molar-refractivity contribution is -0.148. The van der Waals surface area contributed by atoms with E-state index >= 15 is 0 Å². The Hall–Kier alpha value is -1.18. The number of aliphatic carboxylic acids is 1. The standard InChI is InChI=1S/C12H22N2O5/c1-18-10(12(16)17)8-14-11(15)4-7-19-9-2-5-13-6-3-9/h9-10,13H,2-8H2,1H3,(H,14,15)(H,16,17). The molecule has 110 valence electrons. The van der Waals surface area contributed by atoms with Crippen LogP contribution in [0.1, 0.15) is 19.3 Å². The second-order valence-electron chi connectivity index (χ2n) is 4.44. The average molecular weight is 274 g/mol. The first kappa shape index (κ1) is 15.9. The van der Waals surface area contributed by atoms with Crippen LogP contribution in [0.15, 0.2) is 0 Å². The van der Waals surface area contributed by atoms with E-state index in [0.717, 1.165) is 25.9 Å². The number of rotatable bonds is 8. The number of carbonyl (C=O) groups is 2. The van der Waals surface area contributed by atoms with Gasteiger partial charge in [0.15, 0.2) is 6.10 Å². The first-order valence-electron chi connectivity index (χ1n) is 6.48. The number of hydrogen-bond acceptors (Lipinski definition) is 5. The molecule has 0 spiro atoms. The predicted octanol–water partition coefficient (Wildman–Crippen LogP) is -0.639. The number of nitrogens with one attached hydrogen (secondary N) is 2. The molecule has 0 aromatic carbocycles. The maximum atomic E-state index is 11.5. The van der Waals surface area contributed by atoms with Crippen LogP contribution in [0.3, 0.4) is 0 Å². The molecule has 1 fully saturated rings. The molecule has 0 aliphatic carbocycles. The molecule has 1 atom stereocenters. The van der Waals surface area contributed by atoms with Crippen molar-refractivity contribution in [3.8, 4) is 0 Å². The summed E-state index contributed by atoms with van der Waals surface area (Å²) in [4.78, 5) is 22.1. The van der Waals surface area contributed by atoms with Gasteiger partial charge in [0.1, 0.15) is 0 Å². The van der Waals surface area contributed by atoms with Crippen molar-refractivity contribution >= 4 is 11.9 Å². The van der Waals surface area contributed by atoms with Gasteiger partial charge in [-0.05, 0) is 25.9 Å². The van der Waals surface area contributed by atoms with Crippen molar-refractivity contribution < 1.29 is 24.2 Å². The first-order chi connectivity index (χ1) is 9.13. The molecule has 1 aliphatic heterocycles. The van der Waals surface area contributed by atoms with Crippen molar-refractivity contribution in [3.05, 3.63) is 0 Å². The Morgan fingerprint density at radius 1 is 1.42 bits per heavy atom. The Balaban J connectivity index is 2.08. The van der Waals surface area contributed by atoms with Gasteiger partial charge in [-0.3, -0.25) is 4.79 Å². The molecule has 7 heteroatoms. The molecule has 7 nitrogen and oxygen atoms in total. The predicted molar refractivity (Wildman–Crippen MR) is 67.9 cm³/mol. The molecular formula is C12H22N2O5. The summed E-state index contributed by atoms with van der Waals surface area (Å²) < 4.78 is 10.3. The molecule has 1 saturated heterocycles. The molecule has 0 radical (unpaired) electrons. The number of carbonyl (C=O) groups excluding carboxylic acids is 1. The van der Waals surface area contributed by atoms with Crippen LogP contribution in [0.4, 0.5) is 0 Å². The van der Waals surface area contributed by atoms with Crippen LogP contribution in [0, 0.1) is 0 Å². The summed E-state index contributed by atoms with van der Waals surface area (Å²) in [6.45, 7) is 2.23. The van der Waals surface area contributed by atoms with Gasteiger partial charge < -0.3 is 25.2 Å². The zero-order valence-electron chi connectivity index (χ0n) is 11.2. The quantitative estimate of drug-likeness (QED) is 0.545. The second-order valence-corrected chi connectivity index (χ2v) is 4.44. The fraction of sp³-hybridized carbons (Fsp3) is 0.833. The molecule has 19 heavy (non-hydrogen) atoms. The minimum Gasteiger partial charge on any atom is -0.479 e. The van der Waals surface area contributed by atoms with Crippen molar-refractivity contribution in [2.45, 2.75) is 31.5 Å². The molecular weight excluding hydrogens is 252 g/mol. The van der Waals surface area contributed by atoms with E-state index in [0.29, 0.717) is 6.61 Å². The summed E-state index contributed by atoms with van der Waals surface area (Å²) in [5.41, 5.74) is 0. The topological polar surface area (TPSA) is 96.9 Å². The van der Waals surface area contributed by atoms with E-state index in [9.17, 15) is 9.59 Å². The Morgan fingerprint density at radius 2 is 2.11 bits per heavy atom. The highest BCUT2D eigenvalue weighted by Gasteiger charge is 2.17. The summed E-state index contributed by atoms with van der Waals surface area (Å²) in [6, 6.07) is 0. The monoisotopic (exact) mass is 274 g/mol. The number of carboxylic acids is 1.